The second-order valence-corrected chi connectivity index (χ2v) is 8.69. The Labute approximate surface area is 180 Å². The number of amides is 2. The molecule has 1 atom stereocenters. The second-order valence-electron chi connectivity index (χ2n) is 8.26. The SMILES string of the molecule is CNC(=O)[C@@H](NC(=O)c1nc(-c2ccc(Cl)cc2F)n2c1CCOCC2)C(C)(C)C. The first-order valence-electron chi connectivity index (χ1n) is 9.78. The molecule has 2 heterocycles. The van der Waals surface area contributed by atoms with Crippen molar-refractivity contribution in [2.75, 3.05) is 20.3 Å². The van der Waals surface area contributed by atoms with Gasteiger partial charge in [0, 0.05) is 25.0 Å². The average Bonchev–Trinajstić information content (AvgIpc) is 2.85. The number of benzene rings is 1. The lowest BCUT2D eigenvalue weighted by atomic mass is 9.86. The first-order chi connectivity index (χ1) is 14.1. The zero-order valence-corrected chi connectivity index (χ0v) is 18.3. The van der Waals surface area contributed by atoms with E-state index in [1.54, 1.807) is 16.7 Å². The Morgan fingerprint density at radius 1 is 1.30 bits per heavy atom. The maximum atomic E-state index is 14.6. The van der Waals surface area contributed by atoms with Crippen molar-refractivity contribution in [1.82, 2.24) is 20.2 Å². The molecule has 7 nitrogen and oxygen atoms in total. The minimum absolute atomic E-state index is 0.169. The van der Waals surface area contributed by atoms with Crippen LogP contribution in [-0.2, 0) is 22.5 Å². The summed E-state index contributed by atoms with van der Waals surface area (Å²) in [7, 11) is 1.52. The average molecular weight is 437 g/mol. The van der Waals surface area contributed by atoms with Crippen LogP contribution in [0.3, 0.4) is 0 Å². The van der Waals surface area contributed by atoms with E-state index in [0.717, 1.165) is 0 Å². The Bertz CT molecular complexity index is 968. The maximum absolute atomic E-state index is 14.6. The van der Waals surface area contributed by atoms with E-state index in [1.807, 2.05) is 20.8 Å². The van der Waals surface area contributed by atoms with E-state index in [4.69, 9.17) is 16.3 Å². The van der Waals surface area contributed by atoms with Crippen molar-refractivity contribution in [3.8, 4) is 11.4 Å². The molecule has 3 rings (SSSR count). The van der Waals surface area contributed by atoms with Crippen LogP contribution in [0.5, 0.6) is 0 Å². The number of halogens is 2. The number of carbonyl (C=O) groups excluding carboxylic acids is 2. The van der Waals surface area contributed by atoms with Gasteiger partial charge in [0.1, 0.15) is 23.4 Å². The van der Waals surface area contributed by atoms with E-state index in [0.29, 0.717) is 37.7 Å². The second kappa shape index (κ2) is 8.73. The maximum Gasteiger partial charge on any atom is 0.272 e. The molecule has 0 bridgehead atoms. The number of carbonyl (C=O) groups is 2. The summed E-state index contributed by atoms with van der Waals surface area (Å²) in [5, 5.41) is 5.66. The van der Waals surface area contributed by atoms with Crippen molar-refractivity contribution in [1.29, 1.82) is 0 Å². The lowest BCUT2D eigenvalue weighted by Gasteiger charge is -2.29. The van der Waals surface area contributed by atoms with Gasteiger partial charge >= 0.3 is 0 Å². The van der Waals surface area contributed by atoms with Crippen molar-refractivity contribution >= 4 is 23.4 Å². The van der Waals surface area contributed by atoms with Crippen LogP contribution < -0.4 is 10.6 Å². The number of imidazole rings is 1. The van der Waals surface area contributed by atoms with Gasteiger partial charge < -0.3 is 19.9 Å². The van der Waals surface area contributed by atoms with Crippen LogP contribution in [0.1, 0.15) is 37.0 Å². The summed E-state index contributed by atoms with van der Waals surface area (Å²) >= 11 is 5.88. The number of nitrogens with one attached hydrogen (secondary N) is 2. The third kappa shape index (κ3) is 4.49. The predicted molar refractivity (Wildman–Crippen MR) is 112 cm³/mol. The molecule has 0 fully saturated rings. The van der Waals surface area contributed by atoms with Gasteiger partial charge in [-0.05, 0) is 23.6 Å². The summed E-state index contributed by atoms with van der Waals surface area (Å²) in [6.45, 7) is 6.88. The molecule has 1 aromatic heterocycles. The minimum Gasteiger partial charge on any atom is -0.379 e. The summed E-state index contributed by atoms with van der Waals surface area (Å²) in [4.78, 5) is 30.0. The van der Waals surface area contributed by atoms with Crippen LogP contribution in [-0.4, -0.2) is 47.7 Å². The predicted octanol–water partition coefficient (Wildman–Crippen LogP) is 2.81. The number of fused-ring (bicyclic) bond motifs is 1. The van der Waals surface area contributed by atoms with Crippen LogP contribution in [0, 0.1) is 11.2 Å². The third-order valence-electron chi connectivity index (χ3n) is 5.05. The minimum atomic E-state index is -0.759. The van der Waals surface area contributed by atoms with E-state index < -0.39 is 23.2 Å². The molecule has 0 saturated carbocycles. The Balaban J connectivity index is 2.05. The standard InChI is InChI=1S/C21H26ClFN4O3/c1-21(2,3)17(20(29)24-4)26-19(28)16-15-7-9-30-10-8-27(15)18(25-16)13-6-5-12(22)11-14(13)23/h5-6,11,17H,7-10H2,1-4H3,(H,24,29)(H,26,28)/t17-/m1/s1. The Kier molecular flexibility index (Phi) is 6.47. The van der Waals surface area contributed by atoms with E-state index in [9.17, 15) is 14.0 Å². The van der Waals surface area contributed by atoms with E-state index in [2.05, 4.69) is 15.6 Å². The van der Waals surface area contributed by atoms with Crippen LogP contribution in [0.2, 0.25) is 5.02 Å². The zero-order chi connectivity index (χ0) is 22.1. The van der Waals surface area contributed by atoms with Crippen LogP contribution in [0.15, 0.2) is 18.2 Å². The molecule has 0 aliphatic carbocycles. The molecular formula is C21H26ClFN4O3. The summed E-state index contributed by atoms with van der Waals surface area (Å²) in [6.07, 6.45) is 0.450. The highest BCUT2D eigenvalue weighted by atomic mass is 35.5. The molecule has 162 valence electrons. The van der Waals surface area contributed by atoms with Crippen molar-refractivity contribution < 1.29 is 18.7 Å². The van der Waals surface area contributed by atoms with Gasteiger partial charge in [0.25, 0.3) is 5.91 Å². The molecule has 0 saturated heterocycles. The monoisotopic (exact) mass is 436 g/mol. The molecule has 0 radical (unpaired) electrons. The normalized spacial score (nSPS) is 15.1. The van der Waals surface area contributed by atoms with Gasteiger partial charge in [-0.2, -0.15) is 0 Å². The number of rotatable bonds is 4. The number of hydrogen-bond acceptors (Lipinski definition) is 4. The van der Waals surface area contributed by atoms with Crippen molar-refractivity contribution in [3.05, 3.63) is 40.4 Å². The fourth-order valence-corrected chi connectivity index (χ4v) is 3.64. The Morgan fingerprint density at radius 2 is 2.03 bits per heavy atom. The molecule has 1 aromatic carbocycles. The third-order valence-corrected chi connectivity index (χ3v) is 5.29. The fraction of sp³-hybridized carbons (Fsp3) is 0.476. The van der Waals surface area contributed by atoms with Gasteiger partial charge in [0.05, 0.1) is 24.5 Å². The molecule has 2 N–H and O–H groups in total. The molecule has 9 heteroatoms. The molecule has 2 aromatic rings. The fourth-order valence-electron chi connectivity index (χ4n) is 3.48. The highest BCUT2D eigenvalue weighted by Crippen LogP contribution is 2.29. The van der Waals surface area contributed by atoms with Gasteiger partial charge in [-0.25, -0.2) is 9.37 Å². The Morgan fingerprint density at radius 3 is 2.67 bits per heavy atom. The van der Waals surface area contributed by atoms with Gasteiger partial charge in [-0.3, -0.25) is 9.59 Å². The van der Waals surface area contributed by atoms with Crippen molar-refractivity contribution in [3.63, 3.8) is 0 Å². The van der Waals surface area contributed by atoms with E-state index in [-0.39, 0.29) is 22.2 Å². The van der Waals surface area contributed by atoms with Gasteiger partial charge in [-0.1, -0.05) is 32.4 Å². The lowest BCUT2D eigenvalue weighted by molar-refractivity contribution is -0.124. The van der Waals surface area contributed by atoms with Crippen molar-refractivity contribution in [2.45, 2.75) is 39.8 Å². The first kappa shape index (κ1) is 22.2. The molecule has 1 aliphatic rings. The highest BCUT2D eigenvalue weighted by molar-refractivity contribution is 6.30. The molecule has 30 heavy (non-hydrogen) atoms. The molecule has 0 spiro atoms. The number of hydrogen-bond donors (Lipinski definition) is 2. The van der Waals surface area contributed by atoms with Crippen LogP contribution in [0.4, 0.5) is 4.39 Å². The first-order valence-corrected chi connectivity index (χ1v) is 10.2. The summed E-state index contributed by atoms with van der Waals surface area (Å²) in [5.41, 5.74) is 0.558. The van der Waals surface area contributed by atoms with E-state index in [1.165, 1.54) is 13.1 Å². The summed E-state index contributed by atoms with van der Waals surface area (Å²) in [6, 6.07) is 3.58. The molecule has 1 aliphatic heterocycles. The summed E-state index contributed by atoms with van der Waals surface area (Å²) in [5.74, 6) is -0.967. The smallest absolute Gasteiger partial charge is 0.272 e. The van der Waals surface area contributed by atoms with Gasteiger partial charge in [-0.15, -0.1) is 0 Å². The zero-order valence-electron chi connectivity index (χ0n) is 17.5. The number of aromatic nitrogens is 2. The Hall–Kier alpha value is -2.45. The summed E-state index contributed by atoms with van der Waals surface area (Å²) < 4.78 is 22.0. The van der Waals surface area contributed by atoms with Crippen LogP contribution in [0.25, 0.3) is 11.4 Å². The molecule has 2 amide bonds. The molecule has 0 unspecified atom stereocenters. The van der Waals surface area contributed by atoms with E-state index >= 15 is 0 Å². The van der Waals surface area contributed by atoms with Crippen LogP contribution >= 0.6 is 11.6 Å². The number of nitrogens with zero attached hydrogens (tertiary/aromatic N) is 2. The lowest BCUT2D eigenvalue weighted by Crippen LogP contribution is -2.53. The van der Waals surface area contributed by atoms with Gasteiger partial charge in [0.15, 0.2) is 0 Å². The topological polar surface area (TPSA) is 85.3 Å². The number of likely N-dealkylation sites (N-methyl/N-ethyl adjacent to an activating group) is 1. The number of ether oxygens (including phenoxy) is 1. The van der Waals surface area contributed by atoms with Crippen molar-refractivity contribution in [2.24, 2.45) is 5.41 Å². The molecular weight excluding hydrogens is 411 g/mol. The highest BCUT2D eigenvalue weighted by Gasteiger charge is 2.34. The van der Waals surface area contributed by atoms with Gasteiger partial charge in [0.2, 0.25) is 5.91 Å². The quantitative estimate of drug-likeness (QED) is 0.771. The largest absolute Gasteiger partial charge is 0.379 e.